The summed E-state index contributed by atoms with van der Waals surface area (Å²) in [5.41, 5.74) is 1.28. The van der Waals surface area contributed by atoms with Crippen molar-refractivity contribution in [3.63, 3.8) is 0 Å². The zero-order valence-corrected chi connectivity index (χ0v) is 13.9. The van der Waals surface area contributed by atoms with Crippen molar-refractivity contribution in [2.24, 2.45) is 5.92 Å². The Morgan fingerprint density at radius 1 is 1.43 bits per heavy atom. The average molecular weight is 294 g/mol. The summed E-state index contributed by atoms with van der Waals surface area (Å²) in [4.78, 5) is 2.50. The van der Waals surface area contributed by atoms with Gasteiger partial charge < -0.3 is 14.5 Å². The van der Waals surface area contributed by atoms with Crippen LogP contribution in [0, 0.1) is 5.92 Å². The van der Waals surface area contributed by atoms with Crippen LogP contribution in [0.25, 0.3) is 0 Å². The summed E-state index contributed by atoms with van der Waals surface area (Å²) in [6.45, 7) is 13.5. The number of rotatable bonds is 7. The maximum atomic E-state index is 5.77. The Balaban J connectivity index is 1.93. The number of nitrogens with one attached hydrogen (secondary N) is 1. The Morgan fingerprint density at radius 2 is 2.24 bits per heavy atom. The first-order valence-corrected chi connectivity index (χ1v) is 8.21. The van der Waals surface area contributed by atoms with Crippen LogP contribution in [0.15, 0.2) is 16.7 Å². The molecular formula is C17H30N2O2. The molecule has 0 saturated carbocycles. The van der Waals surface area contributed by atoms with Crippen molar-refractivity contribution in [2.45, 2.75) is 59.4 Å². The third-order valence-electron chi connectivity index (χ3n) is 4.10. The monoisotopic (exact) mass is 294 g/mol. The first-order valence-electron chi connectivity index (χ1n) is 8.21. The quantitative estimate of drug-likeness (QED) is 0.839. The molecule has 0 bridgehead atoms. The van der Waals surface area contributed by atoms with E-state index in [0.29, 0.717) is 18.1 Å². The number of hydrogen-bond donors (Lipinski definition) is 1. The zero-order valence-electron chi connectivity index (χ0n) is 13.9. The normalized spacial score (nSPS) is 23.9. The van der Waals surface area contributed by atoms with Crippen molar-refractivity contribution < 1.29 is 9.15 Å². The minimum atomic E-state index is 0.310. The number of ether oxygens (including phenoxy) is 1. The SMILES string of the molecule is CCC1COC(C)CN1Cc1occc1CNCC(C)C. The summed E-state index contributed by atoms with van der Waals surface area (Å²) in [5.74, 6) is 1.77. The minimum absolute atomic E-state index is 0.310. The predicted molar refractivity (Wildman–Crippen MR) is 85.2 cm³/mol. The van der Waals surface area contributed by atoms with Crippen LogP contribution in [0.5, 0.6) is 0 Å². The van der Waals surface area contributed by atoms with E-state index in [9.17, 15) is 0 Å². The summed E-state index contributed by atoms with van der Waals surface area (Å²) < 4.78 is 11.5. The molecule has 1 aliphatic heterocycles. The molecule has 1 fully saturated rings. The fourth-order valence-corrected chi connectivity index (χ4v) is 2.83. The third kappa shape index (κ3) is 4.83. The molecule has 2 heterocycles. The molecule has 2 rings (SSSR count). The van der Waals surface area contributed by atoms with E-state index in [1.54, 1.807) is 0 Å². The topological polar surface area (TPSA) is 37.6 Å². The number of nitrogens with zero attached hydrogens (tertiary/aromatic N) is 1. The highest BCUT2D eigenvalue weighted by Gasteiger charge is 2.26. The van der Waals surface area contributed by atoms with Crippen LogP contribution in [-0.2, 0) is 17.8 Å². The second kappa shape index (κ2) is 7.97. The van der Waals surface area contributed by atoms with Gasteiger partial charge >= 0.3 is 0 Å². The van der Waals surface area contributed by atoms with E-state index < -0.39 is 0 Å². The van der Waals surface area contributed by atoms with Gasteiger partial charge in [0.1, 0.15) is 5.76 Å². The van der Waals surface area contributed by atoms with E-state index in [2.05, 4.69) is 44.0 Å². The van der Waals surface area contributed by atoms with Crippen molar-refractivity contribution in [1.29, 1.82) is 0 Å². The van der Waals surface area contributed by atoms with Crippen molar-refractivity contribution in [1.82, 2.24) is 10.2 Å². The van der Waals surface area contributed by atoms with Crippen LogP contribution < -0.4 is 5.32 Å². The van der Waals surface area contributed by atoms with Crippen LogP contribution in [0.1, 0.15) is 45.4 Å². The molecule has 0 radical (unpaired) electrons. The Labute approximate surface area is 128 Å². The molecule has 1 aliphatic rings. The standard InChI is InChI=1S/C17H30N2O2/c1-5-16-12-21-14(4)10-19(16)11-17-15(6-7-20-17)9-18-8-13(2)3/h6-7,13-14,16,18H,5,8-12H2,1-4H3. The largest absolute Gasteiger partial charge is 0.468 e. The first kappa shape index (κ1) is 16.5. The van der Waals surface area contributed by atoms with E-state index >= 15 is 0 Å². The highest BCUT2D eigenvalue weighted by molar-refractivity contribution is 5.17. The molecule has 1 aromatic heterocycles. The average Bonchev–Trinajstić information content (AvgIpc) is 2.86. The van der Waals surface area contributed by atoms with Crippen molar-refractivity contribution in [3.8, 4) is 0 Å². The van der Waals surface area contributed by atoms with Gasteiger partial charge in [-0.1, -0.05) is 20.8 Å². The van der Waals surface area contributed by atoms with Gasteiger partial charge in [-0.2, -0.15) is 0 Å². The maximum absolute atomic E-state index is 5.77. The molecule has 0 spiro atoms. The molecule has 1 aromatic rings. The molecule has 0 amide bonds. The predicted octanol–water partition coefficient (Wildman–Crippen LogP) is 3.02. The van der Waals surface area contributed by atoms with E-state index in [1.165, 1.54) is 5.56 Å². The van der Waals surface area contributed by atoms with Crippen LogP contribution in [0.2, 0.25) is 0 Å². The maximum Gasteiger partial charge on any atom is 0.122 e. The molecule has 120 valence electrons. The van der Waals surface area contributed by atoms with Gasteiger partial charge in [-0.05, 0) is 31.9 Å². The summed E-state index contributed by atoms with van der Waals surface area (Å²) in [5, 5.41) is 3.50. The van der Waals surface area contributed by atoms with E-state index in [4.69, 9.17) is 9.15 Å². The lowest BCUT2D eigenvalue weighted by atomic mass is 10.1. The van der Waals surface area contributed by atoms with Gasteiger partial charge in [-0.15, -0.1) is 0 Å². The lowest BCUT2D eigenvalue weighted by Gasteiger charge is -2.37. The van der Waals surface area contributed by atoms with Gasteiger partial charge in [0.2, 0.25) is 0 Å². The molecule has 1 saturated heterocycles. The highest BCUT2D eigenvalue weighted by Crippen LogP contribution is 2.20. The second-order valence-corrected chi connectivity index (χ2v) is 6.53. The fraction of sp³-hybridized carbons (Fsp3) is 0.765. The summed E-state index contributed by atoms with van der Waals surface area (Å²) in [6.07, 6.45) is 3.24. The number of hydrogen-bond acceptors (Lipinski definition) is 4. The number of morpholine rings is 1. The molecule has 4 heteroatoms. The van der Waals surface area contributed by atoms with E-state index in [1.807, 2.05) is 6.26 Å². The van der Waals surface area contributed by atoms with E-state index in [0.717, 1.165) is 45.0 Å². The highest BCUT2D eigenvalue weighted by atomic mass is 16.5. The third-order valence-corrected chi connectivity index (χ3v) is 4.10. The minimum Gasteiger partial charge on any atom is -0.468 e. The second-order valence-electron chi connectivity index (χ2n) is 6.53. The smallest absolute Gasteiger partial charge is 0.122 e. The van der Waals surface area contributed by atoms with E-state index in [-0.39, 0.29) is 0 Å². The Hall–Kier alpha value is -0.840. The molecule has 0 aliphatic carbocycles. The molecular weight excluding hydrogens is 264 g/mol. The fourth-order valence-electron chi connectivity index (χ4n) is 2.83. The Morgan fingerprint density at radius 3 is 2.95 bits per heavy atom. The van der Waals surface area contributed by atoms with Crippen molar-refractivity contribution in [3.05, 3.63) is 23.7 Å². The molecule has 1 N–H and O–H groups in total. The van der Waals surface area contributed by atoms with Crippen LogP contribution >= 0.6 is 0 Å². The van der Waals surface area contributed by atoms with Crippen LogP contribution in [-0.4, -0.2) is 36.7 Å². The molecule has 0 aromatic carbocycles. The lowest BCUT2D eigenvalue weighted by molar-refractivity contribution is -0.0611. The van der Waals surface area contributed by atoms with Crippen molar-refractivity contribution in [2.75, 3.05) is 19.7 Å². The van der Waals surface area contributed by atoms with Gasteiger partial charge in [0, 0.05) is 24.7 Å². The van der Waals surface area contributed by atoms with Crippen LogP contribution in [0.3, 0.4) is 0 Å². The van der Waals surface area contributed by atoms with Gasteiger partial charge in [0.05, 0.1) is 25.5 Å². The number of furan rings is 1. The molecule has 21 heavy (non-hydrogen) atoms. The van der Waals surface area contributed by atoms with Gasteiger partial charge in [0.15, 0.2) is 0 Å². The Kier molecular flexibility index (Phi) is 6.27. The summed E-state index contributed by atoms with van der Waals surface area (Å²) >= 11 is 0. The summed E-state index contributed by atoms with van der Waals surface area (Å²) in [7, 11) is 0. The van der Waals surface area contributed by atoms with Gasteiger partial charge in [-0.25, -0.2) is 0 Å². The molecule has 4 nitrogen and oxygen atoms in total. The first-order chi connectivity index (χ1) is 10.1. The molecule has 2 atom stereocenters. The Bertz CT molecular complexity index is 417. The zero-order chi connectivity index (χ0) is 15.2. The van der Waals surface area contributed by atoms with Gasteiger partial charge in [-0.3, -0.25) is 4.90 Å². The van der Waals surface area contributed by atoms with Crippen molar-refractivity contribution >= 4 is 0 Å². The molecule has 2 unspecified atom stereocenters. The summed E-state index contributed by atoms with van der Waals surface area (Å²) in [6, 6.07) is 2.59. The lowest BCUT2D eigenvalue weighted by Crippen LogP contribution is -2.47. The van der Waals surface area contributed by atoms with Crippen LogP contribution in [0.4, 0.5) is 0 Å². The van der Waals surface area contributed by atoms with Gasteiger partial charge in [0.25, 0.3) is 0 Å².